The molecule has 0 saturated carbocycles. The van der Waals surface area contributed by atoms with E-state index in [1.165, 1.54) is 4.90 Å². The molecule has 104 valence electrons. The molecule has 0 aromatic carbocycles. The number of hydrogen-bond donors (Lipinski definition) is 2. The van der Waals surface area contributed by atoms with E-state index in [-0.39, 0.29) is 31.7 Å². The Morgan fingerprint density at radius 1 is 1.11 bits per heavy atom. The summed E-state index contributed by atoms with van der Waals surface area (Å²) >= 11 is 0. The van der Waals surface area contributed by atoms with Crippen molar-refractivity contribution in [2.45, 2.75) is 52.0 Å². The minimum Gasteiger partial charge on any atom is -0.481 e. The molecule has 0 spiro atoms. The molecule has 0 radical (unpaired) electrons. The Labute approximate surface area is 107 Å². The lowest BCUT2D eigenvalue weighted by Crippen LogP contribution is -2.45. The first-order valence-corrected chi connectivity index (χ1v) is 6.18. The smallest absolute Gasteiger partial charge is 0.326 e. The zero-order valence-electron chi connectivity index (χ0n) is 10.9. The van der Waals surface area contributed by atoms with Crippen LogP contribution in [0.25, 0.3) is 0 Å². The first-order chi connectivity index (χ1) is 8.43. The quantitative estimate of drug-likeness (QED) is 0.651. The number of carbonyl (C=O) groups is 3. The van der Waals surface area contributed by atoms with Gasteiger partial charge in [0.1, 0.15) is 6.04 Å². The number of carboxylic acid groups (broad SMARTS) is 2. The van der Waals surface area contributed by atoms with Gasteiger partial charge in [0, 0.05) is 13.0 Å². The fourth-order valence-electron chi connectivity index (χ4n) is 1.67. The van der Waals surface area contributed by atoms with Gasteiger partial charge in [0.2, 0.25) is 5.91 Å². The van der Waals surface area contributed by atoms with E-state index >= 15 is 0 Å². The van der Waals surface area contributed by atoms with E-state index in [9.17, 15) is 14.4 Å². The predicted octanol–water partition coefficient (Wildman–Crippen LogP) is 1.34. The van der Waals surface area contributed by atoms with Crippen LogP contribution in [-0.4, -0.2) is 45.5 Å². The van der Waals surface area contributed by atoms with E-state index in [4.69, 9.17) is 10.2 Å². The number of nitrogens with zero attached hydrogens (tertiary/aromatic N) is 1. The summed E-state index contributed by atoms with van der Waals surface area (Å²) in [4.78, 5) is 34.7. The Bertz CT molecular complexity index is 303. The van der Waals surface area contributed by atoms with Crippen molar-refractivity contribution in [1.29, 1.82) is 0 Å². The molecule has 18 heavy (non-hydrogen) atoms. The van der Waals surface area contributed by atoms with Gasteiger partial charge in [0.25, 0.3) is 0 Å². The topological polar surface area (TPSA) is 94.9 Å². The minimum atomic E-state index is -1.09. The zero-order valence-corrected chi connectivity index (χ0v) is 10.9. The molecule has 0 fully saturated rings. The van der Waals surface area contributed by atoms with Crippen molar-refractivity contribution in [3.63, 3.8) is 0 Å². The number of hydrogen-bond acceptors (Lipinski definition) is 3. The molecular formula is C12H21NO5. The normalized spacial score (nSPS) is 11.9. The minimum absolute atomic E-state index is 0.0529. The van der Waals surface area contributed by atoms with Crippen molar-refractivity contribution >= 4 is 17.8 Å². The van der Waals surface area contributed by atoms with Crippen LogP contribution in [-0.2, 0) is 14.4 Å². The van der Waals surface area contributed by atoms with Gasteiger partial charge in [-0.3, -0.25) is 9.59 Å². The number of carboxylic acids is 2. The van der Waals surface area contributed by atoms with Crippen LogP contribution in [0.2, 0.25) is 0 Å². The molecular weight excluding hydrogens is 238 g/mol. The van der Waals surface area contributed by atoms with Gasteiger partial charge >= 0.3 is 11.9 Å². The zero-order chi connectivity index (χ0) is 14.1. The monoisotopic (exact) mass is 259 g/mol. The van der Waals surface area contributed by atoms with E-state index in [0.717, 1.165) is 6.42 Å². The van der Waals surface area contributed by atoms with Crippen LogP contribution in [0.1, 0.15) is 46.0 Å². The third-order valence-electron chi connectivity index (χ3n) is 2.68. The molecule has 0 aromatic heterocycles. The molecule has 0 saturated heterocycles. The Hall–Kier alpha value is -1.59. The van der Waals surface area contributed by atoms with Crippen LogP contribution in [0.4, 0.5) is 0 Å². The largest absolute Gasteiger partial charge is 0.481 e. The van der Waals surface area contributed by atoms with Gasteiger partial charge < -0.3 is 15.1 Å². The molecule has 0 bridgehead atoms. The molecule has 1 unspecified atom stereocenters. The van der Waals surface area contributed by atoms with Crippen LogP contribution >= 0.6 is 0 Å². The van der Waals surface area contributed by atoms with Crippen molar-refractivity contribution in [2.24, 2.45) is 0 Å². The van der Waals surface area contributed by atoms with Gasteiger partial charge in [-0.25, -0.2) is 4.79 Å². The maximum Gasteiger partial charge on any atom is 0.326 e. The van der Waals surface area contributed by atoms with Gasteiger partial charge in [-0.2, -0.15) is 0 Å². The average molecular weight is 259 g/mol. The maximum atomic E-state index is 11.9. The van der Waals surface area contributed by atoms with Crippen LogP contribution in [0.3, 0.4) is 0 Å². The van der Waals surface area contributed by atoms with Gasteiger partial charge in [-0.15, -0.1) is 0 Å². The summed E-state index contributed by atoms with van der Waals surface area (Å²) in [6.45, 7) is 3.55. The summed E-state index contributed by atoms with van der Waals surface area (Å²) in [7, 11) is 0. The van der Waals surface area contributed by atoms with E-state index < -0.39 is 18.0 Å². The van der Waals surface area contributed by atoms with Crippen molar-refractivity contribution in [2.75, 3.05) is 6.54 Å². The fourth-order valence-corrected chi connectivity index (χ4v) is 1.67. The molecule has 0 rings (SSSR count). The molecule has 6 nitrogen and oxygen atoms in total. The van der Waals surface area contributed by atoms with Crippen molar-refractivity contribution < 1.29 is 24.6 Å². The average Bonchev–Trinajstić information content (AvgIpc) is 2.30. The predicted molar refractivity (Wildman–Crippen MR) is 65.2 cm³/mol. The molecule has 0 aliphatic heterocycles. The molecule has 2 N–H and O–H groups in total. The molecule has 6 heteroatoms. The van der Waals surface area contributed by atoms with Gasteiger partial charge in [0.05, 0.1) is 6.42 Å². The third kappa shape index (κ3) is 5.65. The summed E-state index contributed by atoms with van der Waals surface area (Å²) in [6.07, 6.45) is 1.81. The highest BCUT2D eigenvalue weighted by Crippen LogP contribution is 2.10. The second-order valence-electron chi connectivity index (χ2n) is 4.10. The molecule has 1 amide bonds. The number of rotatable bonds is 9. The first kappa shape index (κ1) is 16.4. The summed E-state index contributed by atoms with van der Waals surface area (Å²) in [5.41, 5.74) is 0. The molecule has 0 heterocycles. The van der Waals surface area contributed by atoms with Crippen molar-refractivity contribution in [3.8, 4) is 0 Å². The van der Waals surface area contributed by atoms with Gasteiger partial charge in [-0.1, -0.05) is 20.3 Å². The summed E-state index contributed by atoms with van der Waals surface area (Å²) in [6, 6.07) is -0.936. The molecule has 0 aliphatic carbocycles. The van der Waals surface area contributed by atoms with Crippen molar-refractivity contribution in [3.05, 3.63) is 0 Å². The number of aliphatic carboxylic acids is 2. The lowest BCUT2D eigenvalue weighted by atomic mass is 10.1. The Kier molecular flexibility index (Phi) is 7.74. The lowest BCUT2D eigenvalue weighted by Gasteiger charge is -2.27. The van der Waals surface area contributed by atoms with E-state index in [0.29, 0.717) is 6.42 Å². The first-order valence-electron chi connectivity index (χ1n) is 6.18. The van der Waals surface area contributed by atoms with E-state index in [1.807, 2.05) is 6.92 Å². The summed E-state index contributed by atoms with van der Waals surface area (Å²) in [5, 5.41) is 17.7. The Morgan fingerprint density at radius 2 is 1.72 bits per heavy atom. The molecule has 1 atom stereocenters. The summed E-state index contributed by atoms with van der Waals surface area (Å²) < 4.78 is 0. The number of amides is 1. The van der Waals surface area contributed by atoms with E-state index in [1.54, 1.807) is 6.92 Å². The highest BCUT2D eigenvalue weighted by Gasteiger charge is 2.27. The Balaban J connectivity index is 4.73. The van der Waals surface area contributed by atoms with Gasteiger partial charge in [-0.05, 0) is 12.8 Å². The Morgan fingerprint density at radius 3 is 2.11 bits per heavy atom. The maximum absolute atomic E-state index is 11.9. The van der Waals surface area contributed by atoms with Crippen LogP contribution in [0, 0.1) is 0 Å². The van der Waals surface area contributed by atoms with E-state index in [2.05, 4.69) is 0 Å². The van der Waals surface area contributed by atoms with Crippen LogP contribution < -0.4 is 0 Å². The van der Waals surface area contributed by atoms with Crippen LogP contribution in [0.15, 0.2) is 0 Å². The molecule has 0 aromatic rings. The SMILES string of the molecule is CCCCC(=O)N(CCC(=O)O)C(CC)C(=O)O. The second-order valence-corrected chi connectivity index (χ2v) is 4.10. The standard InChI is InChI=1S/C12H21NO5/c1-3-5-6-10(14)13(8-7-11(15)16)9(4-2)12(17)18/h9H,3-8H2,1-2H3,(H,15,16)(H,17,18). The highest BCUT2D eigenvalue weighted by atomic mass is 16.4. The van der Waals surface area contributed by atoms with Crippen LogP contribution in [0.5, 0.6) is 0 Å². The van der Waals surface area contributed by atoms with Crippen molar-refractivity contribution in [1.82, 2.24) is 4.90 Å². The lowest BCUT2D eigenvalue weighted by molar-refractivity contribution is -0.151. The summed E-state index contributed by atoms with van der Waals surface area (Å²) in [5.74, 6) is -2.41. The van der Waals surface area contributed by atoms with Gasteiger partial charge in [0.15, 0.2) is 0 Å². The molecule has 0 aliphatic rings. The second kappa shape index (κ2) is 8.49. The highest BCUT2D eigenvalue weighted by molar-refractivity contribution is 5.84. The number of unbranched alkanes of at least 4 members (excludes halogenated alkanes) is 1. The number of carbonyl (C=O) groups excluding carboxylic acids is 1. The third-order valence-corrected chi connectivity index (χ3v) is 2.68. The fraction of sp³-hybridized carbons (Fsp3) is 0.750.